The minimum Gasteiger partial charge on any atom is -0.399 e. The number of pyridine rings is 1. The summed E-state index contributed by atoms with van der Waals surface area (Å²) in [7, 11) is 0. The average molecular weight is 999 g/mol. The summed E-state index contributed by atoms with van der Waals surface area (Å²) < 4.78 is 2.56. The Labute approximate surface area is 419 Å². The molecule has 0 radical (unpaired) electrons. The molecule has 5 aromatic carbocycles. The first kappa shape index (κ1) is 43.3. The Balaban J connectivity index is 0.00000218. The molecule has 2 N–H and O–H groups in total. The third kappa shape index (κ3) is 5.80. The van der Waals surface area contributed by atoms with Crippen molar-refractivity contribution < 1.29 is 4.92 Å². The van der Waals surface area contributed by atoms with Crippen LogP contribution in [-0.2, 0) is 6.54 Å². The number of nitrogens with two attached hydrogens (primary N) is 1. The van der Waals surface area contributed by atoms with Gasteiger partial charge in [-0.3, -0.25) is 24.2 Å². The quantitative estimate of drug-likeness (QED) is 0.0621. The van der Waals surface area contributed by atoms with Gasteiger partial charge in [0.25, 0.3) is 11.2 Å². The molecule has 2 aromatic heterocycles. The van der Waals surface area contributed by atoms with Crippen LogP contribution in [0.2, 0.25) is 0 Å². The number of nitrogen functional groups attached to an aromatic ring is 1. The number of fused-ring (bicyclic) bond motifs is 9. The summed E-state index contributed by atoms with van der Waals surface area (Å²) in [5.74, 6) is 15.4. The SMILES string of the molecule is CC.Nc1ccc2c(c1)c(CN1CC3CCC4C5CCC6C7CCCC8CCCC(C9CCC(C%10CCC(C1)C3C4%10)C5C69)C87)c1cc([N+](=O)[O-])cc3c1c2nc1c2ccc(Br)c4cccc(c(=O)n31)c42. The molecule has 8 saturated carbocycles. The number of likely N-dealkylation sites (tertiary alicyclic amines) is 1. The Bertz CT molecular complexity index is 3330. The summed E-state index contributed by atoms with van der Waals surface area (Å²) in [5.41, 5.74) is 9.97. The first-order valence-corrected chi connectivity index (χ1v) is 28.9. The number of hydrogen-bond acceptors (Lipinski definition) is 6. The molecule has 70 heavy (non-hydrogen) atoms. The van der Waals surface area contributed by atoms with E-state index in [1.807, 2.05) is 50.2 Å². The number of nitro benzene ring substituents is 1. The molecule has 0 spiro atoms. The van der Waals surface area contributed by atoms with Crippen LogP contribution in [0, 0.1) is 105 Å². The van der Waals surface area contributed by atoms with Gasteiger partial charge < -0.3 is 5.73 Å². The third-order valence-electron chi connectivity index (χ3n) is 22.5. The molecule has 8 nitrogen and oxygen atoms in total. The van der Waals surface area contributed by atoms with Gasteiger partial charge in [0.05, 0.1) is 16.0 Å². The second-order valence-electron chi connectivity index (χ2n) is 24.5. The van der Waals surface area contributed by atoms with Crippen molar-refractivity contribution in [1.82, 2.24) is 14.3 Å². The monoisotopic (exact) mass is 997 g/mol. The molecule has 10 unspecified atom stereocenters. The largest absolute Gasteiger partial charge is 0.399 e. The minimum atomic E-state index is -0.295. The number of rotatable bonds is 3. The Morgan fingerprint density at radius 1 is 0.614 bits per heavy atom. The summed E-state index contributed by atoms with van der Waals surface area (Å²) in [5, 5.41) is 19.8. The van der Waals surface area contributed by atoms with Crippen molar-refractivity contribution >= 4 is 87.1 Å². The Kier molecular flexibility index (Phi) is 9.78. The van der Waals surface area contributed by atoms with Crippen LogP contribution in [0.3, 0.4) is 0 Å². The average Bonchev–Trinajstić information content (AvgIpc) is 3.39. The fourth-order valence-corrected chi connectivity index (χ4v) is 21.4. The van der Waals surface area contributed by atoms with E-state index in [0.717, 1.165) is 149 Å². The molecule has 0 amide bonds. The molecule has 9 aliphatic rings. The number of nitrogens with zero attached hydrogens (tertiary/aromatic N) is 4. The highest BCUT2D eigenvalue weighted by Gasteiger charge is 2.66. The lowest BCUT2D eigenvalue weighted by Gasteiger charge is -2.71. The van der Waals surface area contributed by atoms with Crippen LogP contribution >= 0.6 is 15.9 Å². The summed E-state index contributed by atoms with van der Waals surface area (Å²) >= 11 is 3.72. The predicted octanol–water partition coefficient (Wildman–Crippen LogP) is 14.4. The summed E-state index contributed by atoms with van der Waals surface area (Å²) in [6, 6.07) is 19.3. The highest BCUT2D eigenvalue weighted by molar-refractivity contribution is 9.10. The summed E-state index contributed by atoms with van der Waals surface area (Å²) in [6.07, 6.45) is 21.0. The number of hydrogen-bond donors (Lipinski definition) is 1. The molecular formula is C61H68BrN5O3. The number of halogens is 1. The Morgan fingerprint density at radius 2 is 1.20 bits per heavy atom. The first-order chi connectivity index (χ1) is 34.3. The van der Waals surface area contributed by atoms with E-state index < -0.39 is 0 Å². The highest BCUT2D eigenvalue weighted by Crippen LogP contribution is 2.73. The van der Waals surface area contributed by atoms with E-state index >= 15 is 0 Å². The van der Waals surface area contributed by atoms with Gasteiger partial charge in [-0.1, -0.05) is 73.7 Å². The van der Waals surface area contributed by atoms with E-state index in [1.54, 1.807) is 55.1 Å². The standard InChI is InChI=1S/C59H62BrN5O3.C2H6/c60-48-21-20-43-52-42(48)8-3-9-44(52)59(66)64-49-24-32(65(67)68)23-46-47(45-22-31(61)12-15-41(45)57(56(46)49)62-58(43)64)27-63-25-29-10-13-35-39-18-16-37-33-6-1-4-28-5-2-7-34(51(28)33)38-17-19-40(55(39)54(37)38)36-14-11-30(26-63)50(29)53(35)36;1-2/h3,8-9,12,15,20-24,28-30,33-40,50-51,53-55H,1-2,4-7,10-11,13-14,16-19,25-27,61H2;1-2H3. The summed E-state index contributed by atoms with van der Waals surface area (Å²) in [6.45, 7) is 6.87. The van der Waals surface area contributed by atoms with Gasteiger partial charge in [-0.2, -0.15) is 0 Å². The molecule has 8 aliphatic carbocycles. The van der Waals surface area contributed by atoms with E-state index in [1.165, 1.54) is 51.4 Å². The van der Waals surface area contributed by atoms with Crippen molar-refractivity contribution in [3.05, 3.63) is 91.2 Å². The number of aromatic nitrogens is 2. The smallest absolute Gasteiger partial charge is 0.272 e. The maximum absolute atomic E-state index is 14.8. The lowest BCUT2D eigenvalue weighted by atomic mass is 9.34. The zero-order chi connectivity index (χ0) is 47.0. The van der Waals surface area contributed by atoms with Gasteiger partial charge in [0.15, 0.2) is 0 Å². The van der Waals surface area contributed by atoms with Crippen LogP contribution < -0.4 is 11.3 Å². The molecule has 16 rings (SSSR count). The highest BCUT2D eigenvalue weighted by atomic mass is 79.9. The lowest BCUT2D eigenvalue weighted by Crippen LogP contribution is -2.66. The van der Waals surface area contributed by atoms with Crippen molar-refractivity contribution in [2.45, 2.75) is 110 Å². The molecule has 3 heterocycles. The van der Waals surface area contributed by atoms with Gasteiger partial charge in [-0.25, -0.2) is 4.98 Å². The van der Waals surface area contributed by atoms with Crippen molar-refractivity contribution in [3.63, 3.8) is 0 Å². The van der Waals surface area contributed by atoms with Crippen molar-refractivity contribution in [2.75, 3.05) is 18.8 Å². The van der Waals surface area contributed by atoms with Crippen molar-refractivity contribution in [1.29, 1.82) is 0 Å². The summed E-state index contributed by atoms with van der Waals surface area (Å²) in [4.78, 5) is 35.6. The van der Waals surface area contributed by atoms with Crippen LogP contribution in [-0.4, -0.2) is 32.3 Å². The minimum absolute atomic E-state index is 0.0134. The first-order valence-electron chi connectivity index (χ1n) is 28.1. The van der Waals surface area contributed by atoms with Crippen LogP contribution in [0.25, 0.3) is 59.8 Å². The second-order valence-corrected chi connectivity index (χ2v) is 25.4. The van der Waals surface area contributed by atoms with E-state index in [2.05, 4.69) is 33.0 Å². The number of non-ortho nitro benzene ring substituents is 1. The molecule has 1 aliphatic heterocycles. The molecular weight excluding hydrogens is 931 g/mol. The lowest BCUT2D eigenvalue weighted by molar-refractivity contribution is -0.384. The van der Waals surface area contributed by atoms with Gasteiger partial charge in [-0.05, 0) is 211 Å². The van der Waals surface area contributed by atoms with Crippen LogP contribution in [0.15, 0.2) is 69.9 Å². The van der Waals surface area contributed by atoms with Crippen LogP contribution in [0.5, 0.6) is 0 Å². The Morgan fingerprint density at radius 3 is 1.84 bits per heavy atom. The van der Waals surface area contributed by atoms with E-state index in [9.17, 15) is 14.9 Å². The van der Waals surface area contributed by atoms with Crippen LogP contribution in [0.4, 0.5) is 11.4 Å². The molecule has 9 fully saturated rings. The van der Waals surface area contributed by atoms with Gasteiger partial charge in [0.2, 0.25) is 0 Å². The van der Waals surface area contributed by atoms with Crippen molar-refractivity contribution in [2.24, 2.45) is 94.7 Å². The number of piperidine rings is 1. The topological polar surface area (TPSA) is 107 Å². The molecule has 10 atom stereocenters. The van der Waals surface area contributed by atoms with Gasteiger partial charge in [0.1, 0.15) is 5.65 Å². The van der Waals surface area contributed by atoms with E-state index in [-0.39, 0.29) is 16.2 Å². The number of anilines is 1. The van der Waals surface area contributed by atoms with Gasteiger partial charge in [-0.15, -0.1) is 0 Å². The maximum Gasteiger partial charge on any atom is 0.272 e. The number of benzene rings is 5. The van der Waals surface area contributed by atoms with Gasteiger partial charge in [0, 0.05) is 68.9 Å². The fourth-order valence-electron chi connectivity index (χ4n) is 21.0. The van der Waals surface area contributed by atoms with Gasteiger partial charge >= 0.3 is 0 Å². The molecule has 7 aromatic rings. The Hall–Kier alpha value is -4.34. The zero-order valence-electron chi connectivity index (χ0n) is 41.0. The second kappa shape index (κ2) is 15.8. The van der Waals surface area contributed by atoms with Crippen molar-refractivity contribution in [3.8, 4) is 0 Å². The van der Waals surface area contributed by atoms with E-state index in [4.69, 9.17) is 10.7 Å². The third-order valence-corrected chi connectivity index (χ3v) is 23.2. The normalized spacial score (nSPS) is 37.2. The predicted molar refractivity (Wildman–Crippen MR) is 286 cm³/mol. The molecule has 9 heteroatoms. The molecule has 1 saturated heterocycles. The van der Waals surface area contributed by atoms with E-state index in [0.29, 0.717) is 40.6 Å². The fraction of sp³-hybridized carbons (Fsp3) is 0.574. The number of nitro groups is 1. The molecule has 362 valence electrons. The molecule has 0 bridgehead atoms. The maximum atomic E-state index is 14.8. The van der Waals surface area contributed by atoms with Crippen LogP contribution in [0.1, 0.15) is 109 Å². The zero-order valence-corrected chi connectivity index (χ0v) is 42.6.